The number of benzene rings is 1. The molecule has 4 N–H and O–H groups in total. The topological polar surface area (TPSA) is 84.2 Å². The summed E-state index contributed by atoms with van der Waals surface area (Å²) in [5.74, 6) is -0.00249. The van der Waals surface area contributed by atoms with E-state index in [1.54, 1.807) is 0 Å². The number of carbonyl (C=O) groups is 2. The normalized spacial score (nSPS) is 11.8. The Balaban J connectivity index is 2.40. The lowest BCUT2D eigenvalue weighted by molar-refractivity contribution is -0.120. The fourth-order valence-electron chi connectivity index (χ4n) is 1.96. The lowest BCUT2D eigenvalue weighted by Gasteiger charge is -2.08. The molecule has 0 aliphatic heterocycles. The molecule has 0 aliphatic rings. The third-order valence-electron chi connectivity index (χ3n) is 3.04. The van der Waals surface area contributed by atoms with E-state index in [4.69, 9.17) is 5.73 Å². The largest absolute Gasteiger partial charge is 0.356 e. The Kier molecular flexibility index (Phi) is 7.46. The number of carbonyl (C=O) groups excluding carboxylic acids is 2. The zero-order valence-corrected chi connectivity index (χ0v) is 12.8. The van der Waals surface area contributed by atoms with Crippen molar-refractivity contribution in [1.29, 1.82) is 0 Å². The maximum absolute atomic E-state index is 11.7. The minimum Gasteiger partial charge on any atom is -0.356 e. The Bertz CT molecular complexity index is 455. The van der Waals surface area contributed by atoms with Crippen LogP contribution in [0.15, 0.2) is 24.3 Å². The first-order chi connectivity index (χ1) is 10.0. The van der Waals surface area contributed by atoms with Gasteiger partial charge in [0.2, 0.25) is 11.8 Å². The summed E-state index contributed by atoms with van der Waals surface area (Å²) >= 11 is 0. The van der Waals surface area contributed by atoms with Crippen molar-refractivity contribution < 1.29 is 9.59 Å². The van der Waals surface area contributed by atoms with Crippen molar-refractivity contribution in [3.63, 3.8) is 0 Å². The average molecular weight is 291 g/mol. The number of likely N-dealkylation sites (N-methyl/N-ethyl adjacent to an activating group) is 1. The molecule has 1 unspecified atom stereocenters. The van der Waals surface area contributed by atoms with Gasteiger partial charge in [0.05, 0.1) is 6.42 Å². The lowest BCUT2D eigenvalue weighted by atomic mass is 10.1. The molecule has 5 nitrogen and oxygen atoms in total. The van der Waals surface area contributed by atoms with Gasteiger partial charge in [-0.2, -0.15) is 0 Å². The van der Waals surface area contributed by atoms with Crippen molar-refractivity contribution in [2.45, 2.75) is 45.6 Å². The number of hydrogen-bond donors (Lipinski definition) is 3. The number of anilines is 1. The zero-order chi connectivity index (χ0) is 15.7. The highest BCUT2D eigenvalue weighted by Gasteiger charge is 2.05. The zero-order valence-electron chi connectivity index (χ0n) is 12.8. The first-order valence-corrected chi connectivity index (χ1v) is 7.42. The predicted octanol–water partition coefficient (Wildman–Crippen LogP) is 1.82. The van der Waals surface area contributed by atoms with Gasteiger partial charge in [0.1, 0.15) is 0 Å². The summed E-state index contributed by atoms with van der Waals surface area (Å²) < 4.78 is 0. The summed E-state index contributed by atoms with van der Waals surface area (Å²) in [7, 11) is 0. The highest BCUT2D eigenvalue weighted by molar-refractivity contribution is 5.90. The third kappa shape index (κ3) is 7.46. The molecule has 0 aliphatic carbocycles. The maximum Gasteiger partial charge on any atom is 0.224 e. The van der Waals surface area contributed by atoms with E-state index < -0.39 is 0 Å². The van der Waals surface area contributed by atoms with Crippen molar-refractivity contribution in [1.82, 2.24) is 5.32 Å². The van der Waals surface area contributed by atoms with Gasteiger partial charge in [0.25, 0.3) is 0 Å². The Labute approximate surface area is 126 Å². The molecule has 5 heteroatoms. The number of nitrogens with one attached hydrogen (secondary N) is 2. The molecule has 0 heterocycles. The van der Waals surface area contributed by atoms with Crippen molar-refractivity contribution in [3.05, 3.63) is 29.8 Å². The Morgan fingerprint density at radius 2 is 1.86 bits per heavy atom. The smallest absolute Gasteiger partial charge is 0.224 e. The van der Waals surface area contributed by atoms with Crippen molar-refractivity contribution in [2.24, 2.45) is 5.73 Å². The van der Waals surface area contributed by atoms with Gasteiger partial charge in [-0.3, -0.25) is 9.59 Å². The third-order valence-corrected chi connectivity index (χ3v) is 3.04. The summed E-state index contributed by atoms with van der Waals surface area (Å²) in [6, 6.07) is 7.47. The first-order valence-electron chi connectivity index (χ1n) is 7.42. The molecule has 0 saturated heterocycles. The van der Waals surface area contributed by atoms with Crippen LogP contribution >= 0.6 is 0 Å². The molecule has 2 amide bonds. The minimum atomic E-state index is -0.00729. The van der Waals surface area contributed by atoms with Gasteiger partial charge in [0.15, 0.2) is 0 Å². The molecule has 0 saturated carbocycles. The van der Waals surface area contributed by atoms with E-state index >= 15 is 0 Å². The second-order valence-corrected chi connectivity index (χ2v) is 5.24. The SMILES string of the molecule is CCNC(=O)Cc1ccc(NC(=O)CCCC(C)N)cc1. The van der Waals surface area contributed by atoms with Crippen molar-refractivity contribution in [3.8, 4) is 0 Å². The molecular weight excluding hydrogens is 266 g/mol. The van der Waals surface area contributed by atoms with E-state index in [9.17, 15) is 9.59 Å². The van der Waals surface area contributed by atoms with Crippen molar-refractivity contribution in [2.75, 3.05) is 11.9 Å². The molecule has 0 spiro atoms. The number of rotatable bonds is 8. The molecule has 0 bridgehead atoms. The molecule has 116 valence electrons. The number of hydrogen-bond acceptors (Lipinski definition) is 3. The summed E-state index contributed by atoms with van der Waals surface area (Å²) in [5, 5.41) is 5.60. The van der Waals surface area contributed by atoms with Gasteiger partial charge in [-0.05, 0) is 44.4 Å². The van der Waals surface area contributed by atoms with E-state index in [0.717, 1.165) is 24.1 Å². The minimum absolute atomic E-state index is 0.00481. The highest BCUT2D eigenvalue weighted by atomic mass is 16.2. The highest BCUT2D eigenvalue weighted by Crippen LogP contribution is 2.11. The van der Waals surface area contributed by atoms with E-state index in [1.807, 2.05) is 38.1 Å². The van der Waals surface area contributed by atoms with Gasteiger partial charge < -0.3 is 16.4 Å². The van der Waals surface area contributed by atoms with Gasteiger partial charge in [-0.15, -0.1) is 0 Å². The van der Waals surface area contributed by atoms with Crippen LogP contribution in [-0.4, -0.2) is 24.4 Å². The van der Waals surface area contributed by atoms with Crippen LogP contribution < -0.4 is 16.4 Å². The molecule has 21 heavy (non-hydrogen) atoms. The second-order valence-electron chi connectivity index (χ2n) is 5.24. The molecule has 1 aromatic carbocycles. The predicted molar refractivity (Wildman–Crippen MR) is 85.0 cm³/mol. The van der Waals surface area contributed by atoms with Gasteiger partial charge >= 0.3 is 0 Å². The average Bonchev–Trinajstić information content (AvgIpc) is 2.41. The fraction of sp³-hybridized carbons (Fsp3) is 0.500. The van der Waals surface area contributed by atoms with Crippen LogP contribution in [0.1, 0.15) is 38.7 Å². The molecule has 0 radical (unpaired) electrons. The number of nitrogens with two attached hydrogens (primary N) is 1. The van der Waals surface area contributed by atoms with Crippen LogP contribution in [-0.2, 0) is 16.0 Å². The monoisotopic (exact) mass is 291 g/mol. The van der Waals surface area contributed by atoms with Crippen LogP contribution in [0.3, 0.4) is 0 Å². The molecule has 0 fully saturated rings. The fourth-order valence-corrected chi connectivity index (χ4v) is 1.96. The summed E-state index contributed by atoms with van der Waals surface area (Å²) in [6.07, 6.45) is 2.47. The van der Waals surface area contributed by atoms with Crippen LogP contribution in [0.5, 0.6) is 0 Å². The molecule has 0 aromatic heterocycles. The van der Waals surface area contributed by atoms with Crippen LogP contribution in [0.25, 0.3) is 0 Å². The maximum atomic E-state index is 11.7. The molecule has 1 aromatic rings. The lowest BCUT2D eigenvalue weighted by Crippen LogP contribution is -2.24. The Hall–Kier alpha value is -1.88. The summed E-state index contributed by atoms with van der Waals surface area (Å²) in [4.78, 5) is 23.2. The van der Waals surface area contributed by atoms with Gasteiger partial charge in [-0.25, -0.2) is 0 Å². The summed E-state index contributed by atoms with van der Waals surface area (Å²) in [6.45, 7) is 4.46. The summed E-state index contributed by atoms with van der Waals surface area (Å²) in [5.41, 5.74) is 7.32. The van der Waals surface area contributed by atoms with E-state index in [-0.39, 0.29) is 17.9 Å². The Morgan fingerprint density at radius 1 is 1.19 bits per heavy atom. The van der Waals surface area contributed by atoms with E-state index in [2.05, 4.69) is 10.6 Å². The van der Waals surface area contributed by atoms with Gasteiger partial charge in [0, 0.05) is 24.7 Å². The first kappa shape index (κ1) is 17.2. The van der Waals surface area contributed by atoms with Crippen LogP contribution in [0, 0.1) is 0 Å². The molecule has 1 atom stereocenters. The number of amides is 2. The second kappa shape index (κ2) is 9.13. The molecule has 1 rings (SSSR count). The quantitative estimate of drug-likeness (QED) is 0.683. The van der Waals surface area contributed by atoms with E-state index in [0.29, 0.717) is 19.4 Å². The van der Waals surface area contributed by atoms with Crippen LogP contribution in [0.2, 0.25) is 0 Å². The standard InChI is InChI=1S/C16H25N3O2/c1-3-18-16(21)11-13-7-9-14(10-8-13)19-15(20)6-4-5-12(2)17/h7-10,12H,3-6,11,17H2,1-2H3,(H,18,21)(H,19,20). The van der Waals surface area contributed by atoms with Crippen molar-refractivity contribution >= 4 is 17.5 Å². The van der Waals surface area contributed by atoms with E-state index in [1.165, 1.54) is 0 Å². The molecular formula is C16H25N3O2. The Morgan fingerprint density at radius 3 is 2.43 bits per heavy atom. The van der Waals surface area contributed by atoms with Crippen LogP contribution in [0.4, 0.5) is 5.69 Å². The van der Waals surface area contributed by atoms with Gasteiger partial charge in [-0.1, -0.05) is 12.1 Å².